The molecule has 0 bridgehead atoms. The van der Waals surface area contributed by atoms with Crippen LogP contribution in [0.15, 0.2) is 22.8 Å². The third-order valence-electron chi connectivity index (χ3n) is 4.94. The highest BCUT2D eigenvalue weighted by Crippen LogP contribution is 2.33. The van der Waals surface area contributed by atoms with Gasteiger partial charge >= 0.3 is 0 Å². The summed E-state index contributed by atoms with van der Waals surface area (Å²) in [6.45, 7) is 2.94. The van der Waals surface area contributed by atoms with Gasteiger partial charge in [0.2, 0.25) is 0 Å². The zero-order chi connectivity index (χ0) is 15.8. The SMILES string of the molecule is Cn1nc(C2CCN(C(=O)c3ccco3)CC2)c2c1CCOC2. The lowest BCUT2D eigenvalue weighted by atomic mass is 9.90. The van der Waals surface area contributed by atoms with E-state index in [4.69, 9.17) is 14.3 Å². The predicted octanol–water partition coefficient (Wildman–Crippen LogP) is 2.11. The normalized spacial score (nSPS) is 18.9. The van der Waals surface area contributed by atoms with Crippen LogP contribution in [0.2, 0.25) is 0 Å². The van der Waals surface area contributed by atoms with Crippen molar-refractivity contribution in [2.45, 2.75) is 31.8 Å². The molecule has 0 unspecified atom stereocenters. The van der Waals surface area contributed by atoms with E-state index in [0.717, 1.165) is 39.0 Å². The second-order valence-electron chi connectivity index (χ2n) is 6.28. The zero-order valence-electron chi connectivity index (χ0n) is 13.3. The van der Waals surface area contributed by atoms with E-state index in [-0.39, 0.29) is 5.91 Å². The number of carbonyl (C=O) groups excluding carboxylic acids is 1. The van der Waals surface area contributed by atoms with Crippen molar-refractivity contribution in [1.82, 2.24) is 14.7 Å². The molecule has 4 heterocycles. The Hall–Kier alpha value is -2.08. The molecule has 1 saturated heterocycles. The van der Waals surface area contributed by atoms with Crippen molar-refractivity contribution in [2.24, 2.45) is 7.05 Å². The number of ether oxygens (including phenoxy) is 1. The van der Waals surface area contributed by atoms with Gasteiger partial charge in [-0.25, -0.2) is 0 Å². The molecule has 0 spiro atoms. The first kappa shape index (κ1) is 14.5. The largest absolute Gasteiger partial charge is 0.459 e. The molecule has 23 heavy (non-hydrogen) atoms. The zero-order valence-corrected chi connectivity index (χ0v) is 13.3. The van der Waals surface area contributed by atoms with E-state index >= 15 is 0 Å². The van der Waals surface area contributed by atoms with Crippen LogP contribution in [0.25, 0.3) is 0 Å². The predicted molar refractivity (Wildman–Crippen MR) is 83.2 cm³/mol. The highest BCUT2D eigenvalue weighted by molar-refractivity contribution is 5.91. The van der Waals surface area contributed by atoms with E-state index in [9.17, 15) is 4.79 Å². The van der Waals surface area contributed by atoms with Gasteiger partial charge in [0.15, 0.2) is 5.76 Å². The van der Waals surface area contributed by atoms with Crippen LogP contribution in [0, 0.1) is 0 Å². The Morgan fingerprint density at radius 1 is 1.35 bits per heavy atom. The van der Waals surface area contributed by atoms with Crippen molar-refractivity contribution in [3.8, 4) is 0 Å². The van der Waals surface area contributed by atoms with Crippen LogP contribution in [0.3, 0.4) is 0 Å². The standard InChI is InChI=1S/C17H21N3O3/c1-19-14-6-10-22-11-13(14)16(18-19)12-4-7-20(8-5-12)17(21)15-3-2-9-23-15/h2-3,9,12H,4-8,10-11H2,1H3. The maximum atomic E-state index is 12.3. The Kier molecular flexibility index (Phi) is 3.69. The molecule has 2 aliphatic heterocycles. The minimum atomic E-state index is -0.0140. The topological polar surface area (TPSA) is 60.5 Å². The fourth-order valence-corrected chi connectivity index (χ4v) is 3.68. The van der Waals surface area contributed by atoms with Crippen molar-refractivity contribution in [3.63, 3.8) is 0 Å². The molecule has 1 amide bonds. The van der Waals surface area contributed by atoms with Crippen LogP contribution in [0.5, 0.6) is 0 Å². The van der Waals surface area contributed by atoms with Gasteiger partial charge in [-0.3, -0.25) is 9.48 Å². The number of nitrogens with zero attached hydrogens (tertiary/aromatic N) is 3. The molecule has 0 atom stereocenters. The Bertz CT molecular complexity index is 697. The fraction of sp³-hybridized carbons (Fsp3) is 0.529. The smallest absolute Gasteiger partial charge is 0.289 e. The Balaban J connectivity index is 1.47. The first-order valence-corrected chi connectivity index (χ1v) is 8.19. The van der Waals surface area contributed by atoms with Crippen LogP contribution in [-0.2, 0) is 24.8 Å². The van der Waals surface area contributed by atoms with Crippen molar-refractivity contribution in [3.05, 3.63) is 41.1 Å². The average Bonchev–Trinajstić information content (AvgIpc) is 3.23. The monoisotopic (exact) mass is 315 g/mol. The molecule has 6 nitrogen and oxygen atoms in total. The molecule has 2 aromatic heterocycles. The number of hydrogen-bond acceptors (Lipinski definition) is 4. The number of rotatable bonds is 2. The summed E-state index contributed by atoms with van der Waals surface area (Å²) in [5.74, 6) is 0.819. The van der Waals surface area contributed by atoms with Gasteiger partial charge in [0.05, 0.1) is 25.2 Å². The number of amides is 1. The van der Waals surface area contributed by atoms with E-state index in [1.165, 1.54) is 17.0 Å². The van der Waals surface area contributed by atoms with E-state index in [1.807, 2.05) is 16.6 Å². The van der Waals surface area contributed by atoms with Gasteiger partial charge < -0.3 is 14.1 Å². The molecule has 2 aromatic rings. The first-order valence-electron chi connectivity index (χ1n) is 8.19. The van der Waals surface area contributed by atoms with E-state index < -0.39 is 0 Å². The summed E-state index contributed by atoms with van der Waals surface area (Å²) < 4.78 is 12.8. The number of piperidine rings is 1. The molecule has 122 valence electrons. The van der Waals surface area contributed by atoms with Crippen LogP contribution in [-0.4, -0.2) is 40.3 Å². The molecule has 6 heteroatoms. The molecular formula is C17H21N3O3. The number of likely N-dealkylation sites (tertiary alicyclic amines) is 1. The van der Waals surface area contributed by atoms with Crippen LogP contribution >= 0.6 is 0 Å². The number of aromatic nitrogens is 2. The van der Waals surface area contributed by atoms with Crippen LogP contribution < -0.4 is 0 Å². The second kappa shape index (κ2) is 5.85. The summed E-state index contributed by atoms with van der Waals surface area (Å²) in [5.41, 5.74) is 3.75. The third-order valence-corrected chi connectivity index (χ3v) is 4.94. The first-order chi connectivity index (χ1) is 11.2. The molecule has 2 aliphatic rings. The molecule has 4 rings (SSSR count). The number of carbonyl (C=O) groups is 1. The van der Waals surface area contributed by atoms with Gasteiger partial charge in [-0.2, -0.15) is 5.10 Å². The molecule has 0 aromatic carbocycles. The van der Waals surface area contributed by atoms with Gasteiger partial charge in [0, 0.05) is 43.7 Å². The molecule has 0 radical (unpaired) electrons. The molecular weight excluding hydrogens is 294 g/mol. The number of fused-ring (bicyclic) bond motifs is 1. The lowest BCUT2D eigenvalue weighted by molar-refractivity contribution is 0.0678. The summed E-state index contributed by atoms with van der Waals surface area (Å²) in [6.07, 6.45) is 4.36. The summed E-state index contributed by atoms with van der Waals surface area (Å²) in [6, 6.07) is 3.47. The number of aryl methyl sites for hydroxylation is 1. The van der Waals surface area contributed by atoms with Crippen LogP contribution in [0.1, 0.15) is 46.3 Å². The highest BCUT2D eigenvalue weighted by Gasteiger charge is 2.30. The lowest BCUT2D eigenvalue weighted by Crippen LogP contribution is -2.38. The van der Waals surface area contributed by atoms with Gasteiger partial charge in [-0.05, 0) is 25.0 Å². The summed E-state index contributed by atoms with van der Waals surface area (Å²) >= 11 is 0. The van der Waals surface area contributed by atoms with Gasteiger partial charge in [-0.15, -0.1) is 0 Å². The van der Waals surface area contributed by atoms with Gasteiger partial charge in [0.1, 0.15) is 0 Å². The second-order valence-corrected chi connectivity index (χ2v) is 6.28. The fourth-order valence-electron chi connectivity index (χ4n) is 3.68. The number of furan rings is 1. The maximum Gasteiger partial charge on any atom is 0.289 e. The minimum absolute atomic E-state index is 0.0140. The van der Waals surface area contributed by atoms with Crippen molar-refractivity contribution < 1.29 is 13.9 Å². The summed E-state index contributed by atoms with van der Waals surface area (Å²) in [5, 5.41) is 4.75. The third kappa shape index (κ3) is 2.57. The minimum Gasteiger partial charge on any atom is -0.459 e. The molecule has 0 saturated carbocycles. The quantitative estimate of drug-likeness (QED) is 0.851. The van der Waals surface area contributed by atoms with Crippen molar-refractivity contribution in [2.75, 3.05) is 19.7 Å². The highest BCUT2D eigenvalue weighted by atomic mass is 16.5. The van der Waals surface area contributed by atoms with E-state index in [2.05, 4.69) is 0 Å². The van der Waals surface area contributed by atoms with E-state index in [1.54, 1.807) is 18.4 Å². The lowest BCUT2D eigenvalue weighted by Gasteiger charge is -2.31. The Labute approximate surface area is 135 Å². The summed E-state index contributed by atoms with van der Waals surface area (Å²) in [7, 11) is 2.02. The van der Waals surface area contributed by atoms with Crippen molar-refractivity contribution >= 4 is 5.91 Å². The Morgan fingerprint density at radius 2 is 2.17 bits per heavy atom. The molecule has 1 fully saturated rings. The average molecular weight is 315 g/mol. The van der Waals surface area contributed by atoms with E-state index in [0.29, 0.717) is 18.3 Å². The van der Waals surface area contributed by atoms with Crippen LogP contribution in [0.4, 0.5) is 0 Å². The summed E-state index contributed by atoms with van der Waals surface area (Å²) in [4.78, 5) is 14.2. The molecule has 0 N–H and O–H groups in total. The number of hydrogen-bond donors (Lipinski definition) is 0. The maximum absolute atomic E-state index is 12.3. The van der Waals surface area contributed by atoms with Gasteiger partial charge in [-0.1, -0.05) is 0 Å². The van der Waals surface area contributed by atoms with Gasteiger partial charge in [0.25, 0.3) is 5.91 Å². The Morgan fingerprint density at radius 3 is 2.91 bits per heavy atom. The van der Waals surface area contributed by atoms with Crippen molar-refractivity contribution in [1.29, 1.82) is 0 Å². The molecule has 0 aliphatic carbocycles.